The van der Waals surface area contributed by atoms with Crippen molar-refractivity contribution >= 4 is 0 Å². The van der Waals surface area contributed by atoms with E-state index < -0.39 is 6.17 Å². The highest BCUT2D eigenvalue weighted by Gasteiger charge is 2.21. The molecule has 0 saturated heterocycles. The first-order valence-electron chi connectivity index (χ1n) is 12.8. The lowest BCUT2D eigenvalue weighted by molar-refractivity contribution is 0.332. The fourth-order valence-electron chi connectivity index (χ4n) is 3.87. The second kappa shape index (κ2) is 18.2. The fraction of sp³-hybridized carbons (Fsp3) is 0.633. The van der Waals surface area contributed by atoms with Crippen LogP contribution in [0.4, 0.5) is 4.39 Å². The molecule has 1 unspecified atom stereocenters. The monoisotopic (exact) mass is 429 g/mol. The van der Waals surface area contributed by atoms with Crippen molar-refractivity contribution in [3.05, 3.63) is 65.2 Å². The summed E-state index contributed by atoms with van der Waals surface area (Å²) in [6.45, 7) is 18.9. The largest absolute Gasteiger partial charge is 0.248 e. The Balaban J connectivity index is 0.00000436. The van der Waals surface area contributed by atoms with Crippen LogP contribution in [0.1, 0.15) is 113 Å². The lowest BCUT2D eigenvalue weighted by Crippen LogP contribution is -2.08. The number of rotatable bonds is 15. The summed E-state index contributed by atoms with van der Waals surface area (Å²) in [6, 6.07) is 0. The predicted molar refractivity (Wildman–Crippen MR) is 140 cm³/mol. The molecule has 1 rings (SSSR count). The fourth-order valence-corrected chi connectivity index (χ4v) is 3.87. The summed E-state index contributed by atoms with van der Waals surface area (Å²) in [5.74, 6) is 0.345. The van der Waals surface area contributed by atoms with Gasteiger partial charge in [0.15, 0.2) is 0 Å². The van der Waals surface area contributed by atoms with Crippen LogP contribution in [0.5, 0.6) is 0 Å². The third-order valence-electron chi connectivity index (χ3n) is 6.00. The molecule has 0 N–H and O–H groups in total. The number of halogens is 1. The second-order valence-corrected chi connectivity index (χ2v) is 8.73. The molecule has 0 bridgehead atoms. The van der Waals surface area contributed by atoms with E-state index in [1.165, 1.54) is 60.0 Å². The Bertz CT molecular complexity index is 612. The third kappa shape index (κ3) is 12.9. The lowest BCUT2D eigenvalue weighted by atomic mass is 9.82. The van der Waals surface area contributed by atoms with E-state index in [1.54, 1.807) is 6.92 Å². The van der Waals surface area contributed by atoms with Gasteiger partial charge in [-0.15, -0.1) is 0 Å². The van der Waals surface area contributed by atoms with Crippen LogP contribution in [0.2, 0.25) is 0 Å². The van der Waals surface area contributed by atoms with Gasteiger partial charge in [0.1, 0.15) is 0 Å². The van der Waals surface area contributed by atoms with Crippen molar-refractivity contribution in [1.82, 2.24) is 0 Å². The third-order valence-corrected chi connectivity index (χ3v) is 6.00. The highest BCUT2D eigenvalue weighted by molar-refractivity contribution is 5.48. The number of hydrogen-bond donors (Lipinski definition) is 0. The van der Waals surface area contributed by atoms with Gasteiger partial charge in [-0.25, -0.2) is 4.39 Å². The molecular formula is C30H50F. The maximum absolute atomic E-state index is 12.9. The summed E-state index contributed by atoms with van der Waals surface area (Å²) in [6.07, 6.45) is 22.1. The summed E-state index contributed by atoms with van der Waals surface area (Å²) < 4.78 is 12.9. The minimum Gasteiger partial charge on any atom is -0.248 e. The highest BCUT2D eigenvalue weighted by atomic mass is 19.1. The van der Waals surface area contributed by atoms with Crippen LogP contribution in [0.15, 0.2) is 58.7 Å². The first-order chi connectivity index (χ1) is 14.9. The number of unbranched alkanes of at least 4 members (excludes halogenated alkanes) is 5. The van der Waals surface area contributed by atoms with Gasteiger partial charge in [0.2, 0.25) is 0 Å². The van der Waals surface area contributed by atoms with Gasteiger partial charge in [-0.3, -0.25) is 0 Å². The Morgan fingerprint density at radius 3 is 2.42 bits per heavy atom. The topological polar surface area (TPSA) is 0 Å². The molecule has 1 radical (unpaired) electrons. The van der Waals surface area contributed by atoms with Crippen LogP contribution in [-0.2, 0) is 0 Å². The van der Waals surface area contributed by atoms with Crippen molar-refractivity contribution in [2.45, 2.75) is 119 Å². The van der Waals surface area contributed by atoms with Crippen LogP contribution in [0, 0.1) is 12.3 Å². The molecule has 1 aliphatic carbocycles. The summed E-state index contributed by atoms with van der Waals surface area (Å²) >= 11 is 0. The first-order valence-corrected chi connectivity index (χ1v) is 12.8. The number of allylic oxidation sites excluding steroid dienone is 9. The van der Waals surface area contributed by atoms with E-state index in [9.17, 15) is 4.39 Å². The van der Waals surface area contributed by atoms with Gasteiger partial charge in [-0.2, -0.15) is 0 Å². The molecular weight excluding hydrogens is 379 g/mol. The van der Waals surface area contributed by atoms with Gasteiger partial charge in [-0.1, -0.05) is 99.6 Å². The standard InChI is InChI=1S/C28H44F.C2H6/c1-7-9-10-14-17-26-18-19-27(21-26)28(25(6)23(4)8-2)20-22(3)15-12-11-13-16-24(5)29;1-2/h8,15,18-19,21,24,28H,6-7,9-14,16-17,20H2,1-5H3;1-2H3/b22-15+,23-8+;/t24?,28-;/m1./s1. The maximum Gasteiger partial charge on any atom is 0.0973 e. The Labute approximate surface area is 194 Å². The number of hydrogen-bond acceptors (Lipinski definition) is 0. The van der Waals surface area contributed by atoms with Crippen molar-refractivity contribution < 1.29 is 4.39 Å². The van der Waals surface area contributed by atoms with Crippen molar-refractivity contribution in [2.75, 3.05) is 0 Å². The first kappa shape index (κ1) is 29.6. The molecule has 0 aromatic rings. The lowest BCUT2D eigenvalue weighted by Gasteiger charge is -2.22. The smallest absolute Gasteiger partial charge is 0.0973 e. The average molecular weight is 430 g/mol. The van der Waals surface area contributed by atoms with Gasteiger partial charge in [-0.05, 0) is 71.8 Å². The van der Waals surface area contributed by atoms with E-state index in [1.807, 2.05) is 13.8 Å². The molecule has 0 aromatic carbocycles. The zero-order valence-corrected chi connectivity index (χ0v) is 21.7. The maximum atomic E-state index is 12.9. The van der Waals surface area contributed by atoms with Crippen LogP contribution in [0.25, 0.3) is 0 Å². The summed E-state index contributed by atoms with van der Waals surface area (Å²) in [7, 11) is 0. The second-order valence-electron chi connectivity index (χ2n) is 8.73. The van der Waals surface area contributed by atoms with E-state index in [0.717, 1.165) is 25.7 Å². The van der Waals surface area contributed by atoms with E-state index in [4.69, 9.17) is 0 Å². The van der Waals surface area contributed by atoms with Crippen LogP contribution in [-0.4, -0.2) is 6.17 Å². The zero-order valence-electron chi connectivity index (χ0n) is 21.7. The van der Waals surface area contributed by atoms with Crippen molar-refractivity contribution in [3.8, 4) is 0 Å². The van der Waals surface area contributed by atoms with Gasteiger partial charge < -0.3 is 0 Å². The molecule has 0 aromatic heterocycles. The van der Waals surface area contributed by atoms with E-state index in [0.29, 0.717) is 12.3 Å². The molecule has 0 saturated carbocycles. The minimum absolute atomic E-state index is 0.345. The molecule has 2 atom stereocenters. The minimum atomic E-state index is -0.676. The van der Waals surface area contributed by atoms with Crippen LogP contribution >= 0.6 is 0 Å². The van der Waals surface area contributed by atoms with Crippen molar-refractivity contribution in [3.63, 3.8) is 0 Å². The molecule has 0 nitrogen and oxygen atoms in total. The molecule has 1 heteroatoms. The van der Waals surface area contributed by atoms with Gasteiger partial charge in [0.25, 0.3) is 0 Å². The average Bonchev–Trinajstić information content (AvgIpc) is 3.23. The predicted octanol–water partition coefficient (Wildman–Crippen LogP) is 10.4. The number of alkyl halides is 1. The highest BCUT2D eigenvalue weighted by Crippen LogP contribution is 2.36. The van der Waals surface area contributed by atoms with Crippen LogP contribution < -0.4 is 0 Å². The van der Waals surface area contributed by atoms with E-state index in [-0.39, 0.29) is 0 Å². The van der Waals surface area contributed by atoms with Crippen LogP contribution in [0.3, 0.4) is 0 Å². The summed E-state index contributed by atoms with van der Waals surface area (Å²) in [5, 5.41) is 0. The van der Waals surface area contributed by atoms with E-state index >= 15 is 0 Å². The molecule has 0 fully saturated rings. The Kier molecular flexibility index (Phi) is 17.4. The molecule has 31 heavy (non-hydrogen) atoms. The molecule has 0 amide bonds. The Hall–Kier alpha value is -1.37. The SMILES string of the molecule is C=C(/C(C)=C/C)[C@@H](C/C(C)=C/CCCCC(C)F)C1=CC(CCCCCC)=C[CH]1.CC. The molecule has 0 aliphatic heterocycles. The van der Waals surface area contributed by atoms with Crippen molar-refractivity contribution in [1.29, 1.82) is 0 Å². The normalized spacial score (nSPS) is 16.3. The van der Waals surface area contributed by atoms with Gasteiger partial charge >= 0.3 is 0 Å². The summed E-state index contributed by atoms with van der Waals surface area (Å²) in [5.41, 5.74) is 6.80. The van der Waals surface area contributed by atoms with Gasteiger partial charge in [0.05, 0.1) is 6.17 Å². The quantitative estimate of drug-likeness (QED) is 0.138. The summed E-state index contributed by atoms with van der Waals surface area (Å²) in [4.78, 5) is 0. The van der Waals surface area contributed by atoms with Crippen molar-refractivity contribution in [2.24, 2.45) is 5.92 Å². The van der Waals surface area contributed by atoms with Gasteiger partial charge in [0, 0.05) is 12.3 Å². The van der Waals surface area contributed by atoms with E-state index in [2.05, 4.69) is 65.0 Å². The molecule has 177 valence electrons. The molecule has 0 spiro atoms. The zero-order chi connectivity index (χ0) is 23.6. The Morgan fingerprint density at radius 2 is 1.81 bits per heavy atom. The molecule has 0 heterocycles. The molecule has 1 aliphatic rings. The Morgan fingerprint density at radius 1 is 1.10 bits per heavy atom.